The predicted molar refractivity (Wildman–Crippen MR) is 84.5 cm³/mol. The minimum absolute atomic E-state index is 0.483. The fourth-order valence-electron chi connectivity index (χ4n) is 2.96. The molecule has 0 amide bonds. The van der Waals surface area contributed by atoms with Gasteiger partial charge in [-0.2, -0.15) is 0 Å². The number of aliphatic carboxylic acids is 1. The number of carbonyl (C=O) groups is 1. The van der Waals surface area contributed by atoms with Gasteiger partial charge in [-0.1, -0.05) is 19.9 Å². The maximum atomic E-state index is 11.7. The SMILES string of the molecule is CCn1c(CC(CC)(CC)C(=O)O)nc2cc(C)ccc21. The summed E-state index contributed by atoms with van der Waals surface area (Å²) >= 11 is 0. The molecule has 1 aromatic heterocycles. The highest BCUT2D eigenvalue weighted by Crippen LogP contribution is 2.32. The summed E-state index contributed by atoms with van der Waals surface area (Å²) in [5, 5.41) is 9.63. The Labute approximate surface area is 125 Å². The van der Waals surface area contributed by atoms with Gasteiger partial charge in [0.25, 0.3) is 0 Å². The average molecular weight is 288 g/mol. The van der Waals surface area contributed by atoms with Crippen molar-refractivity contribution < 1.29 is 9.90 Å². The van der Waals surface area contributed by atoms with E-state index in [1.165, 1.54) is 5.56 Å². The Bertz CT molecular complexity index is 654. The highest BCUT2D eigenvalue weighted by molar-refractivity contribution is 5.78. The molecule has 0 fully saturated rings. The first-order chi connectivity index (χ1) is 9.97. The highest BCUT2D eigenvalue weighted by atomic mass is 16.4. The van der Waals surface area contributed by atoms with Crippen molar-refractivity contribution in [1.29, 1.82) is 0 Å². The average Bonchev–Trinajstić information content (AvgIpc) is 2.80. The second-order valence-electron chi connectivity index (χ2n) is 5.73. The number of carboxylic acids is 1. The molecule has 0 unspecified atom stereocenters. The number of rotatable bonds is 6. The summed E-state index contributed by atoms with van der Waals surface area (Å²) in [5.74, 6) is 0.155. The minimum Gasteiger partial charge on any atom is -0.481 e. The molecule has 0 bridgehead atoms. The molecule has 1 heterocycles. The van der Waals surface area contributed by atoms with Crippen molar-refractivity contribution in [2.45, 2.75) is 53.5 Å². The molecule has 4 heteroatoms. The summed E-state index contributed by atoms with van der Waals surface area (Å²) in [7, 11) is 0. The van der Waals surface area contributed by atoms with Crippen molar-refractivity contribution in [2.75, 3.05) is 0 Å². The smallest absolute Gasteiger partial charge is 0.310 e. The fourth-order valence-corrected chi connectivity index (χ4v) is 2.96. The highest BCUT2D eigenvalue weighted by Gasteiger charge is 2.36. The zero-order chi connectivity index (χ0) is 15.6. The monoisotopic (exact) mass is 288 g/mol. The number of benzene rings is 1. The molecule has 0 saturated heterocycles. The lowest BCUT2D eigenvalue weighted by Gasteiger charge is -2.26. The van der Waals surface area contributed by atoms with E-state index in [1.54, 1.807) is 0 Å². The van der Waals surface area contributed by atoms with Crippen molar-refractivity contribution in [3.8, 4) is 0 Å². The lowest BCUT2D eigenvalue weighted by molar-refractivity contribution is -0.149. The van der Waals surface area contributed by atoms with Crippen LogP contribution in [0, 0.1) is 12.3 Å². The van der Waals surface area contributed by atoms with E-state index in [9.17, 15) is 9.90 Å². The third-order valence-electron chi connectivity index (χ3n) is 4.60. The summed E-state index contributed by atoms with van der Waals surface area (Å²) < 4.78 is 2.14. The second-order valence-corrected chi connectivity index (χ2v) is 5.73. The molecule has 2 rings (SSSR count). The van der Waals surface area contributed by atoms with Gasteiger partial charge < -0.3 is 9.67 Å². The molecule has 0 spiro atoms. The van der Waals surface area contributed by atoms with Crippen molar-refractivity contribution in [3.63, 3.8) is 0 Å². The lowest BCUT2D eigenvalue weighted by atomic mass is 9.79. The molecular formula is C17H24N2O2. The Morgan fingerprint density at radius 2 is 1.95 bits per heavy atom. The predicted octanol–water partition coefficient (Wildman–Crippen LogP) is 3.80. The number of carboxylic acid groups (broad SMARTS) is 1. The molecule has 4 nitrogen and oxygen atoms in total. The van der Waals surface area contributed by atoms with E-state index in [4.69, 9.17) is 4.98 Å². The molecule has 0 radical (unpaired) electrons. The van der Waals surface area contributed by atoms with Crippen LogP contribution in [0.25, 0.3) is 11.0 Å². The Balaban J connectivity index is 2.53. The van der Waals surface area contributed by atoms with Crippen LogP contribution in [0.3, 0.4) is 0 Å². The van der Waals surface area contributed by atoms with E-state index in [2.05, 4.69) is 29.7 Å². The van der Waals surface area contributed by atoms with Crippen molar-refractivity contribution in [3.05, 3.63) is 29.6 Å². The molecule has 0 aliphatic carbocycles. The van der Waals surface area contributed by atoms with Crippen molar-refractivity contribution in [1.82, 2.24) is 9.55 Å². The maximum absolute atomic E-state index is 11.7. The van der Waals surface area contributed by atoms with Gasteiger partial charge in [-0.25, -0.2) is 4.98 Å². The molecule has 1 aromatic carbocycles. The van der Waals surface area contributed by atoms with Crippen LogP contribution in [0.5, 0.6) is 0 Å². The largest absolute Gasteiger partial charge is 0.481 e. The van der Waals surface area contributed by atoms with E-state index in [1.807, 2.05) is 20.8 Å². The van der Waals surface area contributed by atoms with Gasteiger partial charge in [0.2, 0.25) is 0 Å². The third-order valence-corrected chi connectivity index (χ3v) is 4.60. The van der Waals surface area contributed by atoms with Gasteiger partial charge in [-0.3, -0.25) is 4.79 Å². The van der Waals surface area contributed by atoms with Crippen LogP contribution < -0.4 is 0 Å². The summed E-state index contributed by atoms with van der Waals surface area (Å²) in [4.78, 5) is 16.4. The minimum atomic E-state index is -0.724. The van der Waals surface area contributed by atoms with Gasteiger partial charge in [0, 0.05) is 13.0 Å². The molecule has 1 N–H and O–H groups in total. The molecule has 0 saturated carbocycles. The number of aryl methyl sites for hydroxylation is 2. The molecule has 2 aromatic rings. The van der Waals surface area contributed by atoms with E-state index >= 15 is 0 Å². The number of hydrogen-bond donors (Lipinski definition) is 1. The van der Waals surface area contributed by atoms with Crippen LogP contribution >= 0.6 is 0 Å². The lowest BCUT2D eigenvalue weighted by Crippen LogP contribution is -2.33. The zero-order valence-electron chi connectivity index (χ0n) is 13.3. The van der Waals surface area contributed by atoms with Crippen LogP contribution in [-0.4, -0.2) is 20.6 Å². The first kappa shape index (κ1) is 15.5. The van der Waals surface area contributed by atoms with E-state index in [0.717, 1.165) is 23.4 Å². The fraction of sp³-hybridized carbons (Fsp3) is 0.529. The number of fused-ring (bicyclic) bond motifs is 1. The molecule has 0 atom stereocenters. The van der Waals surface area contributed by atoms with Crippen molar-refractivity contribution >= 4 is 17.0 Å². The Morgan fingerprint density at radius 3 is 2.48 bits per heavy atom. The normalized spacial score (nSPS) is 12.0. The van der Waals surface area contributed by atoms with Gasteiger partial charge >= 0.3 is 5.97 Å². The zero-order valence-corrected chi connectivity index (χ0v) is 13.3. The van der Waals surface area contributed by atoms with Crippen LogP contribution in [0.1, 0.15) is 45.0 Å². The summed E-state index contributed by atoms with van der Waals surface area (Å²) in [6.45, 7) is 8.81. The first-order valence-corrected chi connectivity index (χ1v) is 7.66. The topological polar surface area (TPSA) is 55.1 Å². The van der Waals surface area contributed by atoms with Gasteiger partial charge in [0.05, 0.1) is 16.4 Å². The van der Waals surface area contributed by atoms with Gasteiger partial charge in [-0.05, 0) is 44.4 Å². The second kappa shape index (κ2) is 5.88. The van der Waals surface area contributed by atoms with E-state index in [-0.39, 0.29) is 0 Å². The van der Waals surface area contributed by atoms with Crippen LogP contribution in [0.15, 0.2) is 18.2 Å². The molecule has 0 aliphatic rings. The van der Waals surface area contributed by atoms with E-state index in [0.29, 0.717) is 19.3 Å². The number of aromatic nitrogens is 2. The van der Waals surface area contributed by atoms with Crippen LogP contribution in [0.4, 0.5) is 0 Å². The summed E-state index contributed by atoms with van der Waals surface area (Å²) in [5.41, 5.74) is 2.50. The Kier molecular flexibility index (Phi) is 4.35. The third kappa shape index (κ3) is 2.67. The number of imidazole rings is 1. The molecular weight excluding hydrogens is 264 g/mol. The Hall–Kier alpha value is -1.84. The Morgan fingerprint density at radius 1 is 1.29 bits per heavy atom. The quantitative estimate of drug-likeness (QED) is 0.879. The molecule has 21 heavy (non-hydrogen) atoms. The standard InChI is InChI=1S/C17H24N2O2/c1-5-17(6-2,16(20)21)11-15-18-13-10-12(4)8-9-14(13)19(15)7-3/h8-10H,5-7,11H2,1-4H3,(H,20,21). The van der Waals surface area contributed by atoms with Crippen LogP contribution in [-0.2, 0) is 17.8 Å². The van der Waals surface area contributed by atoms with Gasteiger partial charge in [0.1, 0.15) is 5.82 Å². The van der Waals surface area contributed by atoms with Gasteiger partial charge in [0.15, 0.2) is 0 Å². The molecule has 114 valence electrons. The van der Waals surface area contributed by atoms with Crippen molar-refractivity contribution in [2.24, 2.45) is 5.41 Å². The number of nitrogens with zero attached hydrogens (tertiary/aromatic N) is 2. The first-order valence-electron chi connectivity index (χ1n) is 7.66. The summed E-state index contributed by atoms with van der Waals surface area (Å²) in [6.07, 6.45) is 1.71. The molecule has 0 aliphatic heterocycles. The number of hydrogen-bond acceptors (Lipinski definition) is 2. The van der Waals surface area contributed by atoms with E-state index < -0.39 is 11.4 Å². The van der Waals surface area contributed by atoms with Gasteiger partial charge in [-0.15, -0.1) is 0 Å². The maximum Gasteiger partial charge on any atom is 0.310 e. The summed E-state index contributed by atoms with van der Waals surface area (Å²) in [6, 6.07) is 6.21. The van der Waals surface area contributed by atoms with Crippen LogP contribution in [0.2, 0.25) is 0 Å².